The number of non-ortho nitro benzene ring substituents is 1. The lowest BCUT2D eigenvalue weighted by Crippen LogP contribution is -2.12. The number of rotatable bonds is 3. The van der Waals surface area contributed by atoms with Gasteiger partial charge in [-0.25, -0.2) is 0 Å². The summed E-state index contributed by atoms with van der Waals surface area (Å²) in [6.45, 7) is 0. The molecule has 0 unspecified atom stereocenters. The van der Waals surface area contributed by atoms with Gasteiger partial charge in [-0.1, -0.05) is 23.2 Å². The lowest BCUT2D eigenvalue weighted by molar-refractivity contribution is -0.384. The molecule has 5 nitrogen and oxygen atoms in total. The number of carbonyl (C=O) groups excluding carboxylic acids is 1. The number of benzene rings is 2. The molecule has 0 fully saturated rings. The van der Waals surface area contributed by atoms with Gasteiger partial charge in [0.2, 0.25) is 0 Å². The fourth-order valence-electron chi connectivity index (χ4n) is 1.55. The van der Waals surface area contributed by atoms with Crippen LogP contribution < -0.4 is 5.32 Å². The van der Waals surface area contributed by atoms with E-state index in [-0.39, 0.29) is 10.7 Å². The van der Waals surface area contributed by atoms with Gasteiger partial charge in [0.05, 0.1) is 20.7 Å². The first-order chi connectivity index (χ1) is 9.88. The van der Waals surface area contributed by atoms with E-state index in [0.717, 1.165) is 0 Å². The molecule has 0 saturated carbocycles. The molecule has 2 aromatic carbocycles. The van der Waals surface area contributed by atoms with E-state index in [4.69, 9.17) is 23.2 Å². The van der Waals surface area contributed by atoms with E-state index in [1.165, 1.54) is 36.4 Å². The molecule has 0 aliphatic carbocycles. The van der Waals surface area contributed by atoms with Crippen LogP contribution in [0.15, 0.2) is 40.9 Å². The van der Waals surface area contributed by atoms with Crippen molar-refractivity contribution >= 4 is 56.4 Å². The lowest BCUT2D eigenvalue weighted by atomic mass is 10.2. The van der Waals surface area contributed by atoms with Crippen LogP contribution in [-0.4, -0.2) is 10.8 Å². The van der Waals surface area contributed by atoms with E-state index in [1.807, 2.05) is 0 Å². The highest BCUT2D eigenvalue weighted by molar-refractivity contribution is 9.10. The van der Waals surface area contributed by atoms with Crippen LogP contribution in [0, 0.1) is 10.1 Å². The van der Waals surface area contributed by atoms with Crippen LogP contribution in [0.2, 0.25) is 10.0 Å². The molecule has 0 aliphatic rings. The summed E-state index contributed by atoms with van der Waals surface area (Å²) in [5.41, 5.74) is 0.667. The van der Waals surface area contributed by atoms with Crippen molar-refractivity contribution in [2.75, 3.05) is 5.32 Å². The van der Waals surface area contributed by atoms with Crippen LogP contribution >= 0.6 is 39.1 Å². The maximum absolute atomic E-state index is 12.1. The highest BCUT2D eigenvalue weighted by atomic mass is 79.9. The topological polar surface area (TPSA) is 72.2 Å². The van der Waals surface area contributed by atoms with Gasteiger partial charge < -0.3 is 5.32 Å². The summed E-state index contributed by atoms with van der Waals surface area (Å²) >= 11 is 14.8. The minimum absolute atomic E-state index is 0.0746. The third-order valence-corrected chi connectivity index (χ3v) is 3.99. The maximum Gasteiger partial charge on any atom is 0.270 e. The van der Waals surface area contributed by atoms with Crippen molar-refractivity contribution in [3.05, 3.63) is 66.6 Å². The number of carbonyl (C=O) groups is 1. The van der Waals surface area contributed by atoms with Gasteiger partial charge in [-0.3, -0.25) is 14.9 Å². The van der Waals surface area contributed by atoms with E-state index < -0.39 is 10.8 Å². The molecule has 1 N–H and O–H groups in total. The molecule has 8 heteroatoms. The van der Waals surface area contributed by atoms with E-state index in [1.54, 1.807) is 0 Å². The zero-order chi connectivity index (χ0) is 15.6. The van der Waals surface area contributed by atoms with Crippen LogP contribution in [0.1, 0.15) is 10.4 Å². The van der Waals surface area contributed by atoms with Gasteiger partial charge in [-0.05, 0) is 40.2 Å². The lowest BCUT2D eigenvalue weighted by Gasteiger charge is -2.08. The summed E-state index contributed by atoms with van der Waals surface area (Å²) in [6, 6.07) is 8.54. The van der Waals surface area contributed by atoms with Crippen molar-refractivity contribution < 1.29 is 9.72 Å². The van der Waals surface area contributed by atoms with Crippen molar-refractivity contribution in [3.8, 4) is 0 Å². The van der Waals surface area contributed by atoms with Crippen LogP contribution in [0.25, 0.3) is 0 Å². The van der Waals surface area contributed by atoms with Crippen molar-refractivity contribution in [1.29, 1.82) is 0 Å². The van der Waals surface area contributed by atoms with E-state index in [2.05, 4.69) is 21.2 Å². The first-order valence-electron chi connectivity index (χ1n) is 5.59. The summed E-state index contributed by atoms with van der Waals surface area (Å²) in [5.74, 6) is -0.400. The number of nitro groups is 1. The zero-order valence-corrected chi connectivity index (χ0v) is 13.4. The maximum atomic E-state index is 12.1. The van der Waals surface area contributed by atoms with Gasteiger partial charge in [0.25, 0.3) is 11.6 Å². The zero-order valence-electron chi connectivity index (χ0n) is 10.3. The van der Waals surface area contributed by atoms with Crippen LogP contribution in [0.3, 0.4) is 0 Å². The first kappa shape index (κ1) is 15.8. The number of halogens is 3. The Morgan fingerprint density at radius 3 is 2.43 bits per heavy atom. The minimum atomic E-state index is -0.519. The predicted molar refractivity (Wildman–Crippen MR) is 85.2 cm³/mol. The van der Waals surface area contributed by atoms with Crippen molar-refractivity contribution in [1.82, 2.24) is 0 Å². The monoisotopic (exact) mass is 388 g/mol. The van der Waals surface area contributed by atoms with Crippen LogP contribution in [-0.2, 0) is 0 Å². The van der Waals surface area contributed by atoms with Gasteiger partial charge in [0.1, 0.15) is 0 Å². The molecule has 0 radical (unpaired) electrons. The van der Waals surface area contributed by atoms with Crippen molar-refractivity contribution in [3.63, 3.8) is 0 Å². The molecule has 0 atom stereocenters. The Balaban J connectivity index is 2.23. The molecule has 0 spiro atoms. The second kappa shape index (κ2) is 6.43. The number of anilines is 1. The largest absolute Gasteiger partial charge is 0.321 e. The molecule has 0 aliphatic heterocycles. The Morgan fingerprint density at radius 1 is 1.14 bits per heavy atom. The molecule has 1 amide bonds. The molecule has 21 heavy (non-hydrogen) atoms. The highest BCUT2D eigenvalue weighted by Gasteiger charge is 2.13. The number of nitrogens with one attached hydrogen (secondary N) is 1. The van der Waals surface area contributed by atoms with Crippen LogP contribution in [0.5, 0.6) is 0 Å². The quantitative estimate of drug-likeness (QED) is 0.598. The normalized spacial score (nSPS) is 10.2. The molecule has 0 bridgehead atoms. The summed E-state index contributed by atoms with van der Waals surface area (Å²) < 4.78 is 0.408. The molecule has 0 aromatic heterocycles. The molecule has 0 heterocycles. The fourth-order valence-corrected chi connectivity index (χ4v) is 2.31. The number of nitro benzene ring substituents is 1. The Kier molecular flexibility index (Phi) is 4.82. The highest BCUT2D eigenvalue weighted by Crippen LogP contribution is 2.28. The second-order valence-electron chi connectivity index (χ2n) is 4.00. The fraction of sp³-hybridized carbons (Fsp3) is 0. The SMILES string of the molecule is O=C(Nc1ccc([N+](=O)[O-])cc1Br)c1ccc(Cl)c(Cl)c1. The molecule has 0 saturated heterocycles. The summed E-state index contributed by atoms with van der Waals surface area (Å²) in [5, 5.41) is 13.9. The van der Waals surface area contributed by atoms with Crippen molar-refractivity contribution in [2.45, 2.75) is 0 Å². The van der Waals surface area contributed by atoms with E-state index in [0.29, 0.717) is 20.7 Å². The minimum Gasteiger partial charge on any atom is -0.321 e. The second-order valence-corrected chi connectivity index (χ2v) is 5.67. The number of hydrogen-bond acceptors (Lipinski definition) is 3. The Bertz CT molecular complexity index is 737. The number of hydrogen-bond donors (Lipinski definition) is 1. The van der Waals surface area contributed by atoms with Crippen LogP contribution in [0.4, 0.5) is 11.4 Å². The van der Waals surface area contributed by atoms with Gasteiger partial charge >= 0.3 is 0 Å². The summed E-state index contributed by atoms with van der Waals surface area (Å²) in [7, 11) is 0. The van der Waals surface area contributed by atoms with Gasteiger partial charge in [-0.2, -0.15) is 0 Å². The van der Waals surface area contributed by atoms with Gasteiger partial charge in [-0.15, -0.1) is 0 Å². The third kappa shape index (κ3) is 3.72. The average molecular weight is 390 g/mol. The van der Waals surface area contributed by atoms with E-state index >= 15 is 0 Å². The third-order valence-electron chi connectivity index (χ3n) is 2.59. The van der Waals surface area contributed by atoms with Gasteiger partial charge in [0.15, 0.2) is 0 Å². The van der Waals surface area contributed by atoms with Gasteiger partial charge in [0, 0.05) is 22.2 Å². The summed E-state index contributed by atoms with van der Waals surface area (Å²) in [6.07, 6.45) is 0. The molecule has 2 aromatic rings. The molecular weight excluding hydrogens is 383 g/mol. The number of amides is 1. The Morgan fingerprint density at radius 2 is 1.86 bits per heavy atom. The predicted octanol–water partition coefficient (Wildman–Crippen LogP) is 4.92. The summed E-state index contributed by atoms with van der Waals surface area (Å²) in [4.78, 5) is 22.2. The molecule has 108 valence electrons. The number of nitrogens with zero attached hydrogens (tertiary/aromatic N) is 1. The smallest absolute Gasteiger partial charge is 0.270 e. The Hall–Kier alpha value is -1.63. The molecule has 2 rings (SSSR count). The Labute approximate surface area is 138 Å². The average Bonchev–Trinajstić information content (AvgIpc) is 2.43. The standard InChI is InChI=1S/C13H7BrCl2N2O3/c14-9-6-8(18(20)21)2-4-12(9)17-13(19)7-1-3-10(15)11(16)5-7/h1-6H,(H,17,19). The van der Waals surface area contributed by atoms with Crippen molar-refractivity contribution in [2.24, 2.45) is 0 Å². The first-order valence-corrected chi connectivity index (χ1v) is 7.13. The molecular formula is C13H7BrCl2N2O3. The van der Waals surface area contributed by atoms with E-state index in [9.17, 15) is 14.9 Å².